The van der Waals surface area contributed by atoms with Gasteiger partial charge in [-0.3, -0.25) is 14.0 Å². The summed E-state index contributed by atoms with van der Waals surface area (Å²) in [7, 11) is 0. The van der Waals surface area contributed by atoms with E-state index in [1.807, 2.05) is 19.1 Å². The fourth-order valence-corrected chi connectivity index (χ4v) is 2.92. The summed E-state index contributed by atoms with van der Waals surface area (Å²) in [6.45, 7) is 1.75. The first kappa shape index (κ1) is 20.8. The fourth-order valence-electron chi connectivity index (χ4n) is 2.71. The van der Waals surface area contributed by atoms with Crippen molar-refractivity contribution in [1.82, 2.24) is 19.9 Å². The summed E-state index contributed by atoms with van der Waals surface area (Å²) in [6, 6.07) is 7.78. The second-order valence-electron chi connectivity index (χ2n) is 6.45. The van der Waals surface area contributed by atoms with Crippen molar-refractivity contribution in [2.45, 2.75) is 32.5 Å². The molecule has 0 bridgehead atoms. The van der Waals surface area contributed by atoms with Gasteiger partial charge in [0, 0.05) is 24.6 Å². The van der Waals surface area contributed by atoms with Gasteiger partial charge in [0.25, 0.3) is 0 Å². The third-order valence-corrected chi connectivity index (χ3v) is 4.45. The Kier molecular flexibility index (Phi) is 5.88. The van der Waals surface area contributed by atoms with Crippen LogP contribution >= 0.6 is 11.6 Å². The minimum Gasteiger partial charge on any atom is -0.349 e. The molecular weight excluding hydrogens is 409 g/mol. The number of alkyl halides is 3. The zero-order valence-electron chi connectivity index (χ0n) is 15.3. The summed E-state index contributed by atoms with van der Waals surface area (Å²) < 4.78 is 40.4. The maximum Gasteiger partial charge on any atom is 0.420 e. The number of Topliss-reactive ketones (excluding diaryl/α,β-unsaturated/α-hetero) is 1. The van der Waals surface area contributed by atoms with Crippen molar-refractivity contribution in [1.29, 1.82) is 0 Å². The third-order valence-electron chi connectivity index (χ3n) is 4.24. The summed E-state index contributed by atoms with van der Waals surface area (Å²) in [4.78, 5) is 24.1. The number of pyridine rings is 1. The van der Waals surface area contributed by atoms with E-state index in [0.717, 1.165) is 16.0 Å². The Balaban J connectivity index is 1.63. The highest BCUT2D eigenvalue weighted by Gasteiger charge is 2.35. The summed E-state index contributed by atoms with van der Waals surface area (Å²) in [5, 5.41) is 9.65. The number of nitrogens with zero attached hydrogens (tertiary/aromatic N) is 3. The Morgan fingerprint density at radius 2 is 1.83 bits per heavy atom. The average Bonchev–Trinajstić information content (AvgIpc) is 3.06. The first-order valence-corrected chi connectivity index (χ1v) is 9.00. The van der Waals surface area contributed by atoms with Crippen LogP contribution in [0, 0.1) is 6.92 Å². The van der Waals surface area contributed by atoms with E-state index in [-0.39, 0.29) is 36.0 Å². The number of ketones is 1. The number of aromatic nitrogens is 3. The largest absolute Gasteiger partial charge is 0.420 e. The Bertz CT molecular complexity index is 1060. The van der Waals surface area contributed by atoms with Crippen LogP contribution in [0.5, 0.6) is 0 Å². The van der Waals surface area contributed by atoms with Crippen molar-refractivity contribution >= 4 is 28.9 Å². The summed E-state index contributed by atoms with van der Waals surface area (Å²) in [5.74, 6) is -0.513. The molecule has 2 heterocycles. The van der Waals surface area contributed by atoms with E-state index >= 15 is 0 Å². The predicted molar refractivity (Wildman–Crippen MR) is 99.6 cm³/mol. The van der Waals surface area contributed by atoms with E-state index in [9.17, 15) is 22.8 Å². The Labute approximate surface area is 168 Å². The van der Waals surface area contributed by atoms with Crippen LogP contribution in [0.4, 0.5) is 13.2 Å². The van der Waals surface area contributed by atoms with Crippen LogP contribution in [0.15, 0.2) is 36.5 Å². The number of benzene rings is 1. The molecule has 1 N–H and O–H groups in total. The van der Waals surface area contributed by atoms with Crippen molar-refractivity contribution in [3.8, 4) is 0 Å². The van der Waals surface area contributed by atoms with Crippen molar-refractivity contribution in [2.24, 2.45) is 0 Å². The molecule has 3 rings (SSSR count). The van der Waals surface area contributed by atoms with E-state index in [0.29, 0.717) is 5.56 Å². The van der Waals surface area contributed by atoms with E-state index in [2.05, 4.69) is 15.5 Å². The predicted octanol–water partition coefficient (Wildman–Crippen LogP) is 3.99. The van der Waals surface area contributed by atoms with Crippen molar-refractivity contribution in [2.75, 3.05) is 0 Å². The summed E-state index contributed by atoms with van der Waals surface area (Å²) in [5.41, 5.74) is 0.120. The molecule has 2 aromatic heterocycles. The topological polar surface area (TPSA) is 76.4 Å². The molecule has 10 heteroatoms. The number of rotatable bonds is 6. The Morgan fingerprint density at radius 1 is 1.14 bits per heavy atom. The maximum atomic E-state index is 13.1. The number of nitrogens with one attached hydrogen (secondary N) is 1. The van der Waals surface area contributed by atoms with Gasteiger partial charge in [0.05, 0.1) is 11.6 Å². The number of hydrogen-bond donors (Lipinski definition) is 1. The van der Waals surface area contributed by atoms with Gasteiger partial charge in [-0.15, -0.1) is 10.2 Å². The molecule has 0 fully saturated rings. The number of halogens is 4. The molecule has 0 aliphatic rings. The Hall–Kier alpha value is -2.94. The lowest BCUT2D eigenvalue weighted by molar-refractivity contribution is -0.136. The van der Waals surface area contributed by atoms with Gasteiger partial charge in [0.2, 0.25) is 5.91 Å². The minimum atomic E-state index is -4.64. The molecule has 0 aliphatic carbocycles. The number of fused-ring (bicyclic) bond motifs is 1. The van der Waals surface area contributed by atoms with Crippen molar-refractivity contribution in [3.63, 3.8) is 0 Å². The van der Waals surface area contributed by atoms with Crippen LogP contribution in [0.1, 0.15) is 40.2 Å². The standard InChI is InChI=1S/C19H16ClF3N4O2/c1-11-2-4-12(5-3-11)15(28)6-7-17(29)24-9-16-25-26-18-14(19(21,22)23)8-13(20)10-27(16)18/h2-5,8,10H,6-7,9H2,1H3,(H,24,29). The van der Waals surface area contributed by atoms with E-state index in [1.54, 1.807) is 12.1 Å². The molecule has 29 heavy (non-hydrogen) atoms. The van der Waals surface area contributed by atoms with Crippen LogP contribution in [0.3, 0.4) is 0 Å². The first-order chi connectivity index (χ1) is 13.6. The minimum absolute atomic E-state index is 0.0134. The van der Waals surface area contributed by atoms with Crippen molar-refractivity contribution < 1.29 is 22.8 Å². The number of carbonyl (C=O) groups excluding carboxylic acids is 2. The summed E-state index contributed by atoms with van der Waals surface area (Å²) >= 11 is 5.77. The lowest BCUT2D eigenvalue weighted by atomic mass is 10.1. The van der Waals surface area contributed by atoms with Gasteiger partial charge in [-0.25, -0.2) is 0 Å². The maximum absolute atomic E-state index is 13.1. The number of carbonyl (C=O) groups is 2. The zero-order valence-corrected chi connectivity index (χ0v) is 16.0. The molecule has 0 atom stereocenters. The van der Waals surface area contributed by atoms with E-state index in [4.69, 9.17) is 11.6 Å². The molecule has 0 aliphatic heterocycles. The van der Waals surface area contributed by atoms with Gasteiger partial charge < -0.3 is 5.32 Å². The van der Waals surface area contributed by atoms with Crippen molar-refractivity contribution in [3.05, 3.63) is 64.1 Å². The fraction of sp³-hybridized carbons (Fsp3) is 0.263. The molecule has 0 radical (unpaired) electrons. The monoisotopic (exact) mass is 424 g/mol. The highest BCUT2D eigenvalue weighted by atomic mass is 35.5. The van der Waals surface area contributed by atoms with Gasteiger partial charge in [-0.2, -0.15) is 13.2 Å². The molecule has 0 unspecified atom stereocenters. The zero-order chi connectivity index (χ0) is 21.2. The molecule has 0 saturated carbocycles. The summed E-state index contributed by atoms with van der Waals surface area (Å²) in [6.07, 6.45) is -3.44. The van der Waals surface area contributed by atoms with Crippen LogP contribution < -0.4 is 5.32 Å². The molecule has 6 nitrogen and oxygen atoms in total. The second-order valence-corrected chi connectivity index (χ2v) is 6.88. The molecule has 0 saturated heterocycles. The van der Waals surface area contributed by atoms with Gasteiger partial charge in [0.15, 0.2) is 17.3 Å². The lowest BCUT2D eigenvalue weighted by Crippen LogP contribution is -2.24. The lowest BCUT2D eigenvalue weighted by Gasteiger charge is -2.09. The van der Waals surface area contributed by atoms with Crippen LogP contribution in [-0.4, -0.2) is 26.3 Å². The number of aryl methyl sites for hydroxylation is 1. The third kappa shape index (κ3) is 4.92. The molecule has 1 amide bonds. The molecule has 3 aromatic rings. The molecule has 152 valence electrons. The normalized spacial score (nSPS) is 11.6. The van der Waals surface area contributed by atoms with Gasteiger partial charge in [-0.1, -0.05) is 41.4 Å². The molecule has 1 aromatic carbocycles. The van der Waals surface area contributed by atoms with E-state index in [1.165, 1.54) is 6.20 Å². The van der Waals surface area contributed by atoms with Crippen LogP contribution in [0.25, 0.3) is 5.65 Å². The highest BCUT2D eigenvalue weighted by Crippen LogP contribution is 2.33. The molecular formula is C19H16ClF3N4O2. The van der Waals surface area contributed by atoms with Crippen LogP contribution in [0.2, 0.25) is 5.02 Å². The number of hydrogen-bond acceptors (Lipinski definition) is 4. The highest BCUT2D eigenvalue weighted by molar-refractivity contribution is 6.30. The quantitative estimate of drug-likeness (QED) is 0.607. The van der Waals surface area contributed by atoms with Gasteiger partial charge >= 0.3 is 6.18 Å². The molecule has 0 spiro atoms. The Morgan fingerprint density at radius 3 is 2.48 bits per heavy atom. The first-order valence-electron chi connectivity index (χ1n) is 8.62. The SMILES string of the molecule is Cc1ccc(C(=O)CCC(=O)NCc2nnc3c(C(F)(F)F)cc(Cl)cn23)cc1. The van der Waals surface area contributed by atoms with Gasteiger partial charge in [-0.05, 0) is 13.0 Å². The smallest absolute Gasteiger partial charge is 0.349 e. The van der Waals surface area contributed by atoms with Gasteiger partial charge in [0.1, 0.15) is 5.56 Å². The second kappa shape index (κ2) is 8.20. The number of amides is 1. The van der Waals surface area contributed by atoms with E-state index < -0.39 is 23.3 Å². The van der Waals surface area contributed by atoms with Crippen LogP contribution in [-0.2, 0) is 17.5 Å². The average molecular weight is 425 g/mol.